The number of hydrogen-bond donors (Lipinski definition) is 0. The summed E-state index contributed by atoms with van der Waals surface area (Å²) in [6, 6.07) is 13.9. The van der Waals surface area contributed by atoms with Crippen LogP contribution in [0.1, 0.15) is 37.8 Å². The molecular weight excluding hydrogens is 362 g/mol. The largest absolute Gasteiger partial charge is 0.493 e. The van der Waals surface area contributed by atoms with Crippen LogP contribution in [0.3, 0.4) is 0 Å². The van der Waals surface area contributed by atoms with Crippen molar-refractivity contribution in [1.82, 2.24) is 4.90 Å². The zero-order valence-electron chi connectivity index (χ0n) is 16.1. The first-order chi connectivity index (χ1) is 13.0. The average molecular weight is 388 g/mol. The lowest BCUT2D eigenvalue weighted by Crippen LogP contribution is -2.33. The van der Waals surface area contributed by atoms with Crippen LogP contribution in [0.5, 0.6) is 11.5 Å². The van der Waals surface area contributed by atoms with Gasteiger partial charge >= 0.3 is 0 Å². The Morgan fingerprint density at radius 3 is 2.48 bits per heavy atom. The van der Waals surface area contributed by atoms with E-state index >= 15 is 0 Å². The summed E-state index contributed by atoms with van der Waals surface area (Å²) < 4.78 is 11.3. The van der Waals surface area contributed by atoms with Gasteiger partial charge in [-0.25, -0.2) is 0 Å². The average Bonchev–Trinajstić information content (AvgIpc) is 2.97. The molecule has 5 heteroatoms. The molecule has 2 aromatic carbocycles. The van der Waals surface area contributed by atoms with Crippen molar-refractivity contribution < 1.29 is 14.3 Å². The molecule has 0 aromatic heterocycles. The summed E-state index contributed by atoms with van der Waals surface area (Å²) in [5.74, 6) is 1.69. The Morgan fingerprint density at radius 2 is 1.81 bits per heavy atom. The Hall–Kier alpha value is -2.20. The van der Waals surface area contributed by atoms with Gasteiger partial charge in [-0.05, 0) is 62.1 Å². The predicted molar refractivity (Wildman–Crippen MR) is 107 cm³/mol. The van der Waals surface area contributed by atoms with Crippen LogP contribution in [0.2, 0.25) is 5.02 Å². The molecule has 4 nitrogen and oxygen atoms in total. The van der Waals surface area contributed by atoms with E-state index in [9.17, 15) is 4.79 Å². The minimum absolute atomic E-state index is 0.0899. The van der Waals surface area contributed by atoms with Gasteiger partial charge in [-0.2, -0.15) is 0 Å². The second-order valence-electron chi connectivity index (χ2n) is 7.20. The highest BCUT2D eigenvalue weighted by molar-refractivity contribution is 6.30. The molecule has 27 heavy (non-hydrogen) atoms. The van der Waals surface area contributed by atoms with E-state index < -0.39 is 0 Å². The fourth-order valence-corrected chi connectivity index (χ4v) is 3.60. The summed E-state index contributed by atoms with van der Waals surface area (Å²) in [6.45, 7) is 4.60. The number of likely N-dealkylation sites (tertiary alicyclic amines) is 1. The minimum Gasteiger partial charge on any atom is -0.493 e. The molecule has 1 saturated heterocycles. The molecule has 0 saturated carbocycles. The highest BCUT2D eigenvalue weighted by Crippen LogP contribution is 2.31. The van der Waals surface area contributed by atoms with Gasteiger partial charge in [-0.15, -0.1) is 0 Å². The van der Waals surface area contributed by atoms with Crippen LogP contribution in [0.4, 0.5) is 0 Å². The lowest BCUT2D eigenvalue weighted by atomic mass is 10.0. The number of rotatable bonds is 7. The van der Waals surface area contributed by atoms with E-state index in [-0.39, 0.29) is 18.1 Å². The monoisotopic (exact) mass is 387 g/mol. The molecule has 2 aromatic rings. The van der Waals surface area contributed by atoms with Crippen molar-refractivity contribution in [2.45, 2.75) is 51.8 Å². The van der Waals surface area contributed by atoms with Crippen molar-refractivity contribution in [1.29, 1.82) is 0 Å². The first kappa shape index (κ1) is 19.6. The van der Waals surface area contributed by atoms with Crippen molar-refractivity contribution in [3.63, 3.8) is 0 Å². The van der Waals surface area contributed by atoms with Gasteiger partial charge in [0.2, 0.25) is 5.91 Å². The van der Waals surface area contributed by atoms with Crippen molar-refractivity contribution in [2.24, 2.45) is 0 Å². The summed E-state index contributed by atoms with van der Waals surface area (Å²) in [7, 11) is 1.65. The van der Waals surface area contributed by atoms with Crippen molar-refractivity contribution >= 4 is 17.5 Å². The number of carbonyl (C=O) groups is 1. The van der Waals surface area contributed by atoms with Crippen LogP contribution < -0.4 is 9.47 Å². The Bertz CT molecular complexity index is 789. The lowest BCUT2D eigenvalue weighted by molar-refractivity contribution is -0.129. The normalized spacial score (nSPS) is 16.9. The first-order valence-corrected chi connectivity index (χ1v) is 9.71. The predicted octanol–water partition coefficient (Wildman–Crippen LogP) is 4.87. The first-order valence-electron chi connectivity index (χ1n) is 9.33. The highest BCUT2D eigenvalue weighted by atomic mass is 35.5. The van der Waals surface area contributed by atoms with Gasteiger partial charge < -0.3 is 14.4 Å². The summed E-state index contributed by atoms with van der Waals surface area (Å²) >= 11 is 5.96. The third kappa shape index (κ3) is 4.95. The number of hydrogen-bond acceptors (Lipinski definition) is 3. The standard InChI is InChI=1S/C22H26ClNO3/c1-15(2)27-20-10-6-17(13-21(20)26-3)12-19-9-11-22(25)24(19)14-16-4-7-18(23)8-5-16/h4-8,10,13,15,19H,9,11-12,14H2,1-3H3. The van der Waals surface area contributed by atoms with E-state index in [4.69, 9.17) is 21.1 Å². The molecule has 1 unspecified atom stereocenters. The molecular formula is C22H26ClNO3. The number of amides is 1. The van der Waals surface area contributed by atoms with Crippen LogP contribution in [0.25, 0.3) is 0 Å². The van der Waals surface area contributed by atoms with E-state index in [1.807, 2.05) is 55.1 Å². The van der Waals surface area contributed by atoms with E-state index in [0.29, 0.717) is 18.0 Å². The summed E-state index contributed by atoms with van der Waals surface area (Å²) in [5, 5.41) is 0.707. The Kier molecular flexibility index (Phi) is 6.27. The quantitative estimate of drug-likeness (QED) is 0.680. The summed E-state index contributed by atoms with van der Waals surface area (Å²) in [6.07, 6.45) is 2.37. The lowest BCUT2D eigenvalue weighted by Gasteiger charge is -2.25. The van der Waals surface area contributed by atoms with Gasteiger partial charge in [0, 0.05) is 24.0 Å². The van der Waals surface area contributed by atoms with E-state index in [2.05, 4.69) is 6.07 Å². The van der Waals surface area contributed by atoms with E-state index in [1.165, 1.54) is 0 Å². The minimum atomic E-state index is 0.0899. The molecule has 0 N–H and O–H groups in total. The molecule has 0 aliphatic carbocycles. The highest BCUT2D eigenvalue weighted by Gasteiger charge is 2.31. The van der Waals surface area contributed by atoms with E-state index in [0.717, 1.165) is 35.5 Å². The number of ether oxygens (including phenoxy) is 2. The molecule has 1 amide bonds. The van der Waals surface area contributed by atoms with Crippen LogP contribution in [0, 0.1) is 0 Å². The number of benzene rings is 2. The maximum Gasteiger partial charge on any atom is 0.223 e. The smallest absolute Gasteiger partial charge is 0.223 e. The summed E-state index contributed by atoms with van der Waals surface area (Å²) in [5.41, 5.74) is 2.24. The maximum atomic E-state index is 12.4. The fraction of sp³-hybridized carbons (Fsp3) is 0.409. The van der Waals surface area contributed by atoms with Crippen LogP contribution in [-0.2, 0) is 17.8 Å². The number of methoxy groups -OCH3 is 1. The molecule has 0 spiro atoms. The molecule has 1 aliphatic heterocycles. The second-order valence-corrected chi connectivity index (χ2v) is 7.63. The molecule has 0 bridgehead atoms. The zero-order valence-corrected chi connectivity index (χ0v) is 16.8. The third-order valence-corrected chi connectivity index (χ3v) is 5.03. The number of halogens is 1. The molecule has 0 radical (unpaired) electrons. The topological polar surface area (TPSA) is 38.8 Å². The van der Waals surface area contributed by atoms with E-state index in [1.54, 1.807) is 7.11 Å². The zero-order chi connectivity index (χ0) is 19.4. The van der Waals surface area contributed by atoms with Crippen molar-refractivity contribution in [3.05, 3.63) is 58.6 Å². The van der Waals surface area contributed by atoms with Gasteiger partial charge in [-0.3, -0.25) is 4.79 Å². The number of carbonyl (C=O) groups excluding carboxylic acids is 1. The SMILES string of the molecule is COc1cc(CC2CCC(=O)N2Cc2ccc(Cl)cc2)ccc1OC(C)C. The fourth-order valence-electron chi connectivity index (χ4n) is 3.47. The van der Waals surface area contributed by atoms with Crippen molar-refractivity contribution in [3.8, 4) is 11.5 Å². The number of nitrogens with zero attached hydrogens (tertiary/aromatic N) is 1. The Morgan fingerprint density at radius 1 is 1.11 bits per heavy atom. The van der Waals surface area contributed by atoms with Crippen molar-refractivity contribution in [2.75, 3.05) is 7.11 Å². The summed E-state index contributed by atoms with van der Waals surface area (Å²) in [4.78, 5) is 14.4. The van der Waals surface area contributed by atoms with Crippen LogP contribution in [-0.4, -0.2) is 30.1 Å². The molecule has 144 valence electrons. The van der Waals surface area contributed by atoms with Gasteiger partial charge in [0.25, 0.3) is 0 Å². The molecule has 1 fully saturated rings. The van der Waals surface area contributed by atoms with Gasteiger partial charge in [0.1, 0.15) is 0 Å². The maximum absolute atomic E-state index is 12.4. The van der Waals surface area contributed by atoms with Crippen LogP contribution >= 0.6 is 11.6 Å². The van der Waals surface area contributed by atoms with Crippen LogP contribution in [0.15, 0.2) is 42.5 Å². The Labute approximate surface area is 166 Å². The van der Waals surface area contributed by atoms with Gasteiger partial charge in [0.15, 0.2) is 11.5 Å². The molecule has 1 atom stereocenters. The Balaban J connectivity index is 1.73. The molecule has 3 rings (SSSR count). The second kappa shape index (κ2) is 8.66. The third-order valence-electron chi connectivity index (χ3n) is 4.78. The van der Waals surface area contributed by atoms with Gasteiger partial charge in [0.05, 0.1) is 13.2 Å². The van der Waals surface area contributed by atoms with Gasteiger partial charge in [-0.1, -0.05) is 29.8 Å². The molecule has 1 heterocycles. The molecule has 1 aliphatic rings.